The molecule has 0 heterocycles. The lowest BCUT2D eigenvalue weighted by molar-refractivity contribution is -0.120. The lowest BCUT2D eigenvalue weighted by Crippen LogP contribution is -2.42. The lowest BCUT2D eigenvalue weighted by atomic mass is 10.0. The molecule has 2 nitrogen and oxygen atoms in total. The topological polar surface area (TPSA) is 29.1 Å². The van der Waals surface area contributed by atoms with Gasteiger partial charge in [0.2, 0.25) is 5.91 Å². The second-order valence-electron chi connectivity index (χ2n) is 3.00. The quantitative estimate of drug-likeness (QED) is 0.629. The molecule has 0 spiro atoms. The maximum Gasteiger partial charge on any atom is 0.217 e. The van der Waals surface area contributed by atoms with Crippen molar-refractivity contribution in [3.8, 4) is 0 Å². The van der Waals surface area contributed by atoms with Crippen molar-refractivity contribution in [3.63, 3.8) is 0 Å². The van der Waals surface area contributed by atoms with E-state index in [0.29, 0.717) is 5.88 Å². The first kappa shape index (κ1) is 9.76. The number of hydrogen-bond acceptors (Lipinski definition) is 1. The van der Waals surface area contributed by atoms with Gasteiger partial charge in [-0.05, 0) is 20.3 Å². The van der Waals surface area contributed by atoms with Crippen molar-refractivity contribution in [2.75, 3.05) is 5.88 Å². The van der Waals surface area contributed by atoms with E-state index in [9.17, 15) is 4.79 Å². The summed E-state index contributed by atoms with van der Waals surface area (Å²) < 4.78 is 0. The molecule has 0 unspecified atom stereocenters. The number of carbonyl (C=O) groups is 1. The number of carbonyl (C=O) groups excluding carboxylic acids is 1. The first-order chi connectivity index (χ1) is 4.48. The minimum atomic E-state index is -0.159. The molecule has 0 rings (SSSR count). The average molecular weight is 164 g/mol. The zero-order valence-corrected chi connectivity index (χ0v) is 7.46. The summed E-state index contributed by atoms with van der Waals surface area (Å²) in [4.78, 5) is 10.6. The molecule has 0 saturated heterocycles. The molecule has 60 valence electrons. The van der Waals surface area contributed by atoms with Crippen LogP contribution >= 0.6 is 11.6 Å². The minimum absolute atomic E-state index is 0.00452. The molecular formula is C7H14ClNO. The van der Waals surface area contributed by atoms with E-state index in [1.54, 1.807) is 0 Å². The normalized spacial score (nSPS) is 11.2. The van der Waals surface area contributed by atoms with E-state index in [2.05, 4.69) is 5.32 Å². The molecule has 10 heavy (non-hydrogen) atoms. The van der Waals surface area contributed by atoms with Crippen LogP contribution in [0.3, 0.4) is 0 Å². The van der Waals surface area contributed by atoms with Crippen LogP contribution in [0.15, 0.2) is 0 Å². The van der Waals surface area contributed by atoms with E-state index < -0.39 is 0 Å². The first-order valence-electron chi connectivity index (χ1n) is 3.32. The number of halogens is 1. The van der Waals surface area contributed by atoms with Gasteiger partial charge in [-0.2, -0.15) is 0 Å². The summed E-state index contributed by atoms with van der Waals surface area (Å²) in [6.07, 6.45) is 0.800. The Morgan fingerprint density at radius 1 is 1.60 bits per heavy atom. The monoisotopic (exact) mass is 163 g/mol. The molecule has 0 bridgehead atoms. The summed E-state index contributed by atoms with van der Waals surface area (Å²) in [5.74, 6) is 0.572. The van der Waals surface area contributed by atoms with Gasteiger partial charge in [0.1, 0.15) is 0 Å². The largest absolute Gasteiger partial charge is 0.351 e. The van der Waals surface area contributed by atoms with Crippen molar-refractivity contribution < 1.29 is 4.79 Å². The van der Waals surface area contributed by atoms with Gasteiger partial charge in [-0.25, -0.2) is 0 Å². The Bertz CT molecular complexity index is 123. The van der Waals surface area contributed by atoms with Crippen LogP contribution in [0.5, 0.6) is 0 Å². The van der Waals surface area contributed by atoms with Gasteiger partial charge in [-0.15, -0.1) is 11.6 Å². The molecule has 0 aliphatic heterocycles. The van der Waals surface area contributed by atoms with Crippen LogP contribution in [0, 0.1) is 0 Å². The third-order valence-electron chi connectivity index (χ3n) is 1.23. The van der Waals surface area contributed by atoms with E-state index in [0.717, 1.165) is 6.42 Å². The van der Waals surface area contributed by atoms with Crippen LogP contribution in [0.1, 0.15) is 27.2 Å². The maximum atomic E-state index is 10.6. The number of nitrogens with one attached hydrogen (secondary N) is 1. The van der Waals surface area contributed by atoms with Crippen molar-refractivity contribution in [1.82, 2.24) is 5.32 Å². The predicted molar refractivity (Wildman–Crippen MR) is 43.2 cm³/mol. The summed E-state index contributed by atoms with van der Waals surface area (Å²) in [5.41, 5.74) is -0.159. The SMILES string of the molecule is CC(=O)NC(C)(C)CCCl. The summed E-state index contributed by atoms with van der Waals surface area (Å²) in [5, 5.41) is 2.80. The lowest BCUT2D eigenvalue weighted by Gasteiger charge is -2.24. The molecule has 0 aromatic carbocycles. The minimum Gasteiger partial charge on any atom is -0.351 e. The van der Waals surface area contributed by atoms with Gasteiger partial charge in [0.25, 0.3) is 0 Å². The highest BCUT2D eigenvalue weighted by Gasteiger charge is 2.16. The Morgan fingerprint density at radius 3 is 2.40 bits per heavy atom. The van der Waals surface area contributed by atoms with Gasteiger partial charge >= 0.3 is 0 Å². The highest BCUT2D eigenvalue weighted by molar-refractivity contribution is 6.17. The molecule has 0 saturated carbocycles. The van der Waals surface area contributed by atoms with Crippen LogP contribution in [0.25, 0.3) is 0 Å². The second kappa shape index (κ2) is 3.81. The molecule has 0 radical (unpaired) electrons. The average Bonchev–Trinajstić information content (AvgIpc) is 1.59. The fraction of sp³-hybridized carbons (Fsp3) is 0.857. The number of alkyl halides is 1. The Kier molecular flexibility index (Phi) is 3.72. The van der Waals surface area contributed by atoms with Crippen molar-refractivity contribution >= 4 is 17.5 Å². The molecule has 1 amide bonds. The molecule has 1 N–H and O–H groups in total. The number of hydrogen-bond donors (Lipinski definition) is 1. The second-order valence-corrected chi connectivity index (χ2v) is 3.38. The van der Waals surface area contributed by atoms with Crippen molar-refractivity contribution in [2.45, 2.75) is 32.7 Å². The molecule has 0 aromatic rings. The van der Waals surface area contributed by atoms with Gasteiger partial charge in [0.05, 0.1) is 0 Å². The summed E-state index contributed by atoms with van der Waals surface area (Å²) in [6, 6.07) is 0. The van der Waals surface area contributed by atoms with Gasteiger partial charge in [-0.1, -0.05) is 0 Å². The Morgan fingerprint density at radius 2 is 2.10 bits per heavy atom. The molecular weight excluding hydrogens is 150 g/mol. The van der Waals surface area contributed by atoms with E-state index in [-0.39, 0.29) is 11.4 Å². The summed E-state index contributed by atoms with van der Waals surface area (Å²) in [6.45, 7) is 5.42. The molecule has 0 aliphatic carbocycles. The number of rotatable bonds is 3. The zero-order chi connectivity index (χ0) is 8.20. The molecule has 0 aromatic heterocycles. The van der Waals surface area contributed by atoms with Gasteiger partial charge < -0.3 is 5.32 Å². The van der Waals surface area contributed by atoms with Crippen LogP contribution in [0.2, 0.25) is 0 Å². The zero-order valence-electron chi connectivity index (χ0n) is 6.70. The van der Waals surface area contributed by atoms with Gasteiger partial charge in [-0.3, -0.25) is 4.79 Å². The first-order valence-corrected chi connectivity index (χ1v) is 3.86. The van der Waals surface area contributed by atoms with E-state index >= 15 is 0 Å². The van der Waals surface area contributed by atoms with Crippen LogP contribution in [-0.4, -0.2) is 17.3 Å². The van der Waals surface area contributed by atoms with Crippen LogP contribution in [0.4, 0.5) is 0 Å². The predicted octanol–water partition coefficient (Wildman–Crippen LogP) is 1.53. The van der Waals surface area contributed by atoms with Gasteiger partial charge in [0.15, 0.2) is 0 Å². The van der Waals surface area contributed by atoms with Crippen molar-refractivity contribution in [3.05, 3.63) is 0 Å². The van der Waals surface area contributed by atoms with E-state index in [4.69, 9.17) is 11.6 Å². The van der Waals surface area contributed by atoms with Crippen molar-refractivity contribution in [1.29, 1.82) is 0 Å². The fourth-order valence-electron chi connectivity index (χ4n) is 0.775. The molecule has 0 atom stereocenters. The highest BCUT2D eigenvalue weighted by atomic mass is 35.5. The van der Waals surface area contributed by atoms with Gasteiger partial charge in [0, 0.05) is 18.3 Å². The molecule has 0 aliphatic rings. The highest BCUT2D eigenvalue weighted by Crippen LogP contribution is 2.08. The standard InChI is InChI=1S/C7H14ClNO/c1-6(10)9-7(2,3)4-5-8/h4-5H2,1-3H3,(H,9,10). The third kappa shape index (κ3) is 4.62. The molecule has 0 fully saturated rings. The van der Waals surface area contributed by atoms with Crippen LogP contribution in [-0.2, 0) is 4.79 Å². The number of amides is 1. The third-order valence-corrected chi connectivity index (χ3v) is 1.42. The van der Waals surface area contributed by atoms with Crippen LogP contribution < -0.4 is 5.32 Å². The Labute approximate surface area is 66.9 Å². The van der Waals surface area contributed by atoms with E-state index in [1.165, 1.54) is 6.92 Å². The maximum absolute atomic E-state index is 10.6. The smallest absolute Gasteiger partial charge is 0.217 e. The Hall–Kier alpha value is -0.240. The summed E-state index contributed by atoms with van der Waals surface area (Å²) in [7, 11) is 0. The van der Waals surface area contributed by atoms with E-state index in [1.807, 2.05) is 13.8 Å². The van der Waals surface area contributed by atoms with Crippen molar-refractivity contribution in [2.24, 2.45) is 0 Å². The fourth-order valence-corrected chi connectivity index (χ4v) is 1.25. The summed E-state index contributed by atoms with van der Waals surface area (Å²) >= 11 is 5.52. The Balaban J connectivity index is 3.74. The molecule has 3 heteroatoms.